The number of benzene rings is 1. The molecular weight excluding hydrogens is 428 g/mol. The molecule has 7 nitrogen and oxygen atoms in total. The van der Waals surface area contributed by atoms with Gasteiger partial charge >= 0.3 is 0 Å². The van der Waals surface area contributed by atoms with Gasteiger partial charge in [-0.1, -0.05) is 0 Å². The van der Waals surface area contributed by atoms with Crippen molar-refractivity contribution in [1.29, 1.82) is 0 Å². The Kier molecular flexibility index (Phi) is 4.88. The van der Waals surface area contributed by atoms with Crippen LogP contribution < -0.4 is 5.32 Å². The van der Waals surface area contributed by atoms with E-state index < -0.39 is 23.1 Å². The SMILES string of the molecule is CO[C@@H]1/C(=C\c2cnc(-c3ccc(-n4ccnc4)cc3O)cn2)C[C@@]2(C)N[C@]1(C)CC2(F)F. The number of methoxy groups -OCH3 is 1. The lowest BCUT2D eigenvalue weighted by atomic mass is 9.81. The number of piperidine rings is 1. The highest BCUT2D eigenvalue weighted by Crippen LogP contribution is 2.53. The first-order chi connectivity index (χ1) is 15.6. The minimum absolute atomic E-state index is 0.0686. The number of alkyl halides is 2. The van der Waals surface area contributed by atoms with Crippen molar-refractivity contribution in [1.82, 2.24) is 24.8 Å². The van der Waals surface area contributed by atoms with Crippen molar-refractivity contribution in [3.8, 4) is 22.7 Å². The Balaban J connectivity index is 1.43. The maximum Gasteiger partial charge on any atom is 0.267 e. The number of ether oxygens (including phenoxy) is 1. The Labute approximate surface area is 190 Å². The molecule has 4 heterocycles. The highest BCUT2D eigenvalue weighted by atomic mass is 19.3. The standard InChI is InChI=1S/C24H25F2N5O2/c1-22-13-24(25,26)23(2,30-22)10-15(21(22)33-3)8-16-11-29-19(12-28-16)18-5-4-17(9-20(18)32)31-7-6-27-14-31/h4-9,11-12,14,21,30,32H,10,13H2,1-3H3/b15-8-/t21-,22-,23-/m1/s1. The van der Waals surface area contributed by atoms with Crippen LogP contribution in [0.2, 0.25) is 0 Å². The Bertz CT molecular complexity index is 1210. The van der Waals surface area contributed by atoms with Crippen molar-refractivity contribution in [2.24, 2.45) is 0 Å². The summed E-state index contributed by atoms with van der Waals surface area (Å²) in [5.74, 6) is -2.77. The van der Waals surface area contributed by atoms with Gasteiger partial charge in [0.05, 0.1) is 53.0 Å². The summed E-state index contributed by atoms with van der Waals surface area (Å²) < 4.78 is 36.9. The third-order valence-electron chi connectivity index (χ3n) is 6.73. The monoisotopic (exact) mass is 453 g/mol. The van der Waals surface area contributed by atoms with E-state index in [0.717, 1.165) is 11.3 Å². The van der Waals surface area contributed by atoms with E-state index in [2.05, 4.69) is 20.3 Å². The molecule has 0 aliphatic carbocycles. The largest absolute Gasteiger partial charge is 0.507 e. The van der Waals surface area contributed by atoms with E-state index in [1.807, 2.05) is 6.07 Å². The van der Waals surface area contributed by atoms with Crippen molar-refractivity contribution in [3.63, 3.8) is 0 Å². The zero-order chi connectivity index (χ0) is 23.4. The first-order valence-corrected chi connectivity index (χ1v) is 10.7. The summed E-state index contributed by atoms with van der Waals surface area (Å²) in [4.78, 5) is 12.9. The van der Waals surface area contributed by atoms with Crippen LogP contribution in [-0.2, 0) is 4.74 Å². The van der Waals surface area contributed by atoms with Gasteiger partial charge < -0.3 is 14.4 Å². The number of fused-ring (bicyclic) bond motifs is 2. The molecule has 2 N–H and O–H groups in total. The number of aromatic hydroxyl groups is 1. The molecule has 5 rings (SSSR count). The predicted octanol–water partition coefficient (Wildman–Crippen LogP) is 3.98. The second-order valence-electron chi connectivity index (χ2n) is 9.27. The molecule has 0 unspecified atom stereocenters. The first kappa shape index (κ1) is 21.7. The van der Waals surface area contributed by atoms with Crippen LogP contribution in [0.5, 0.6) is 5.75 Å². The average molecular weight is 453 g/mol. The maximum absolute atomic E-state index is 14.7. The normalized spacial score (nSPS) is 29.5. The van der Waals surface area contributed by atoms with Crippen LogP contribution in [0.1, 0.15) is 32.4 Å². The Morgan fingerprint density at radius 3 is 2.70 bits per heavy atom. The molecule has 0 radical (unpaired) electrons. The van der Waals surface area contributed by atoms with Crippen molar-refractivity contribution < 1.29 is 18.6 Å². The van der Waals surface area contributed by atoms with Gasteiger partial charge in [0, 0.05) is 37.6 Å². The molecule has 172 valence electrons. The molecular formula is C24H25F2N5O2. The molecule has 2 bridgehead atoms. The second-order valence-corrected chi connectivity index (χ2v) is 9.27. The van der Waals surface area contributed by atoms with Crippen LogP contribution in [0.25, 0.3) is 23.0 Å². The third-order valence-corrected chi connectivity index (χ3v) is 6.73. The topological polar surface area (TPSA) is 85.1 Å². The van der Waals surface area contributed by atoms with E-state index in [9.17, 15) is 13.9 Å². The molecule has 2 aromatic heterocycles. The lowest BCUT2D eigenvalue weighted by Crippen LogP contribution is -2.61. The van der Waals surface area contributed by atoms with E-state index in [0.29, 0.717) is 17.0 Å². The molecule has 2 aliphatic rings. The van der Waals surface area contributed by atoms with Gasteiger partial charge in [0.15, 0.2) is 0 Å². The van der Waals surface area contributed by atoms with E-state index >= 15 is 0 Å². The molecule has 3 atom stereocenters. The highest BCUT2D eigenvalue weighted by molar-refractivity contribution is 5.68. The average Bonchev–Trinajstić information content (AvgIpc) is 3.32. The minimum atomic E-state index is -2.84. The van der Waals surface area contributed by atoms with Crippen molar-refractivity contribution >= 4 is 6.08 Å². The van der Waals surface area contributed by atoms with Crippen LogP contribution in [-0.4, -0.2) is 54.8 Å². The second kappa shape index (κ2) is 7.43. The maximum atomic E-state index is 14.7. The van der Waals surface area contributed by atoms with Crippen LogP contribution in [0.4, 0.5) is 8.78 Å². The molecule has 2 fully saturated rings. The molecule has 2 saturated heterocycles. The number of hydrogen-bond donors (Lipinski definition) is 2. The van der Waals surface area contributed by atoms with E-state index in [1.54, 1.807) is 67.7 Å². The summed E-state index contributed by atoms with van der Waals surface area (Å²) in [5, 5.41) is 13.6. The van der Waals surface area contributed by atoms with Crippen molar-refractivity contribution in [2.75, 3.05) is 7.11 Å². The Morgan fingerprint density at radius 2 is 2.06 bits per heavy atom. The summed E-state index contributed by atoms with van der Waals surface area (Å²) in [6.07, 6.45) is 9.37. The summed E-state index contributed by atoms with van der Waals surface area (Å²) in [5.41, 5.74) is 0.917. The number of aromatic nitrogens is 4. The highest BCUT2D eigenvalue weighted by Gasteiger charge is 2.67. The van der Waals surface area contributed by atoms with Gasteiger partial charge in [0.1, 0.15) is 5.75 Å². The summed E-state index contributed by atoms with van der Waals surface area (Å²) in [7, 11) is 1.54. The Morgan fingerprint density at radius 1 is 1.24 bits per heavy atom. The number of phenolic OH excluding ortho intramolecular Hbond substituents is 1. The molecule has 33 heavy (non-hydrogen) atoms. The molecule has 0 spiro atoms. The molecule has 0 amide bonds. The Hall–Kier alpha value is -3.17. The molecule has 9 heteroatoms. The number of halogens is 2. The van der Waals surface area contributed by atoms with Gasteiger partial charge in [0.2, 0.25) is 0 Å². The number of hydrogen-bond acceptors (Lipinski definition) is 6. The van der Waals surface area contributed by atoms with Crippen molar-refractivity contribution in [2.45, 2.75) is 49.8 Å². The smallest absolute Gasteiger partial charge is 0.267 e. The van der Waals surface area contributed by atoms with Gasteiger partial charge in [-0.3, -0.25) is 15.3 Å². The van der Waals surface area contributed by atoms with E-state index in [4.69, 9.17) is 4.74 Å². The summed E-state index contributed by atoms with van der Waals surface area (Å²) >= 11 is 0. The fraction of sp³-hybridized carbons (Fsp3) is 0.375. The van der Waals surface area contributed by atoms with Gasteiger partial charge in [-0.15, -0.1) is 0 Å². The first-order valence-electron chi connectivity index (χ1n) is 10.7. The minimum Gasteiger partial charge on any atom is -0.507 e. The predicted molar refractivity (Wildman–Crippen MR) is 119 cm³/mol. The zero-order valence-electron chi connectivity index (χ0n) is 18.6. The van der Waals surface area contributed by atoms with Crippen LogP contribution in [0.3, 0.4) is 0 Å². The number of nitrogens with one attached hydrogen (secondary N) is 1. The van der Waals surface area contributed by atoms with Crippen LogP contribution >= 0.6 is 0 Å². The molecule has 3 aromatic rings. The third kappa shape index (κ3) is 3.52. The van der Waals surface area contributed by atoms with E-state index in [-0.39, 0.29) is 18.6 Å². The number of phenols is 1. The lowest BCUT2D eigenvalue weighted by Gasteiger charge is -2.44. The van der Waals surface area contributed by atoms with Gasteiger partial charge in [0.25, 0.3) is 5.92 Å². The summed E-state index contributed by atoms with van der Waals surface area (Å²) in [6.45, 7) is 3.33. The van der Waals surface area contributed by atoms with Crippen LogP contribution in [0.15, 0.2) is 54.9 Å². The molecule has 2 aliphatic heterocycles. The number of rotatable bonds is 4. The zero-order valence-corrected chi connectivity index (χ0v) is 18.6. The van der Waals surface area contributed by atoms with Gasteiger partial charge in [-0.05, 0) is 44.1 Å². The fourth-order valence-corrected chi connectivity index (χ4v) is 5.25. The van der Waals surface area contributed by atoms with E-state index in [1.165, 1.54) is 7.11 Å². The van der Waals surface area contributed by atoms with Crippen molar-refractivity contribution in [3.05, 3.63) is 60.6 Å². The quantitative estimate of drug-likeness (QED) is 0.622. The molecule has 1 aromatic carbocycles. The number of imidazole rings is 1. The van der Waals surface area contributed by atoms with Crippen LogP contribution in [0, 0.1) is 0 Å². The summed E-state index contributed by atoms with van der Waals surface area (Å²) in [6, 6.07) is 5.25. The lowest BCUT2D eigenvalue weighted by molar-refractivity contribution is -0.0524. The number of nitrogens with zero attached hydrogens (tertiary/aromatic N) is 4. The fourth-order valence-electron chi connectivity index (χ4n) is 5.25. The van der Waals surface area contributed by atoms with Gasteiger partial charge in [-0.2, -0.15) is 0 Å². The van der Waals surface area contributed by atoms with Gasteiger partial charge in [-0.25, -0.2) is 13.8 Å². The molecule has 0 saturated carbocycles.